The highest BCUT2D eigenvalue weighted by Gasteiger charge is 2.36. The predicted octanol–water partition coefficient (Wildman–Crippen LogP) is 1.21. The van der Waals surface area contributed by atoms with Gasteiger partial charge in [0, 0.05) is 24.6 Å². The molecule has 0 spiro atoms. The third-order valence-electron chi connectivity index (χ3n) is 4.62. The lowest BCUT2D eigenvalue weighted by Gasteiger charge is -2.20. The zero-order chi connectivity index (χ0) is 16.6. The summed E-state index contributed by atoms with van der Waals surface area (Å²) in [5.41, 5.74) is 7.90. The molecular formula is C17H21N3O3. The molecule has 3 rings (SSSR count). The van der Waals surface area contributed by atoms with Crippen molar-refractivity contribution in [2.45, 2.75) is 33.1 Å². The zero-order valence-electron chi connectivity index (χ0n) is 13.4. The van der Waals surface area contributed by atoms with E-state index in [0.29, 0.717) is 6.54 Å². The molecule has 3 amide bonds. The van der Waals surface area contributed by atoms with Gasteiger partial charge in [-0.05, 0) is 43.9 Å². The molecule has 122 valence electrons. The van der Waals surface area contributed by atoms with Gasteiger partial charge in [-0.2, -0.15) is 0 Å². The summed E-state index contributed by atoms with van der Waals surface area (Å²) in [5, 5.41) is 0. The minimum Gasteiger partial charge on any atom is -0.311 e. The number of hydrogen-bond acceptors (Lipinski definition) is 3. The molecule has 1 saturated carbocycles. The maximum atomic E-state index is 12.3. The third-order valence-corrected chi connectivity index (χ3v) is 4.62. The summed E-state index contributed by atoms with van der Waals surface area (Å²) in [7, 11) is 0. The van der Waals surface area contributed by atoms with Gasteiger partial charge in [-0.1, -0.05) is 12.1 Å². The Balaban J connectivity index is 1.63. The quantitative estimate of drug-likeness (QED) is 0.823. The summed E-state index contributed by atoms with van der Waals surface area (Å²) < 4.78 is 0. The summed E-state index contributed by atoms with van der Waals surface area (Å²) in [6, 6.07) is 5.81. The van der Waals surface area contributed by atoms with Crippen molar-refractivity contribution < 1.29 is 14.4 Å². The standard InChI is InChI=1S/C17H21N3O3/c1-10-4-3-5-14(11(10)2)20-9-13(8-15(20)21)17(23)19-18-16(22)12-6-7-12/h3-5,12-13H,6-9H2,1-2H3,(H,18,22)(H,19,23)/t13-/m0/s1. The first-order chi connectivity index (χ1) is 11.0. The Labute approximate surface area is 135 Å². The summed E-state index contributed by atoms with van der Waals surface area (Å²) in [6.07, 6.45) is 1.92. The molecule has 6 nitrogen and oxygen atoms in total. The minimum absolute atomic E-state index is 0.0342. The second-order valence-corrected chi connectivity index (χ2v) is 6.38. The average molecular weight is 315 g/mol. The van der Waals surface area contributed by atoms with Crippen molar-refractivity contribution in [2.24, 2.45) is 11.8 Å². The topological polar surface area (TPSA) is 78.5 Å². The molecule has 2 N–H and O–H groups in total. The number of nitrogens with one attached hydrogen (secondary N) is 2. The van der Waals surface area contributed by atoms with E-state index in [1.807, 2.05) is 32.0 Å². The summed E-state index contributed by atoms with van der Waals surface area (Å²) in [5.74, 6) is -0.921. The predicted molar refractivity (Wildman–Crippen MR) is 85.4 cm³/mol. The van der Waals surface area contributed by atoms with E-state index in [2.05, 4.69) is 10.9 Å². The number of hydrazine groups is 1. The second-order valence-electron chi connectivity index (χ2n) is 6.38. The number of nitrogens with zero attached hydrogens (tertiary/aromatic N) is 1. The molecule has 1 aromatic carbocycles. The smallest absolute Gasteiger partial charge is 0.243 e. The lowest BCUT2D eigenvalue weighted by molar-refractivity contribution is -0.131. The maximum Gasteiger partial charge on any atom is 0.243 e. The Bertz CT molecular complexity index is 667. The van der Waals surface area contributed by atoms with Crippen LogP contribution >= 0.6 is 0 Å². The Morgan fingerprint density at radius 2 is 1.74 bits per heavy atom. The fraction of sp³-hybridized carbons (Fsp3) is 0.471. The van der Waals surface area contributed by atoms with E-state index in [-0.39, 0.29) is 30.1 Å². The molecule has 1 aliphatic carbocycles. The number of benzene rings is 1. The van der Waals surface area contributed by atoms with Crippen molar-refractivity contribution in [2.75, 3.05) is 11.4 Å². The van der Waals surface area contributed by atoms with Gasteiger partial charge in [-0.15, -0.1) is 0 Å². The number of amides is 3. The molecule has 1 aromatic rings. The van der Waals surface area contributed by atoms with Gasteiger partial charge in [0.1, 0.15) is 0 Å². The van der Waals surface area contributed by atoms with Crippen LogP contribution in [-0.4, -0.2) is 24.3 Å². The minimum atomic E-state index is -0.443. The van der Waals surface area contributed by atoms with Crippen LogP contribution in [0.1, 0.15) is 30.4 Å². The molecule has 0 aromatic heterocycles. The Kier molecular flexibility index (Phi) is 4.07. The molecular weight excluding hydrogens is 294 g/mol. The van der Waals surface area contributed by atoms with Crippen molar-refractivity contribution in [3.8, 4) is 0 Å². The number of anilines is 1. The monoisotopic (exact) mass is 315 g/mol. The SMILES string of the molecule is Cc1cccc(N2C[C@@H](C(=O)NNC(=O)C3CC3)CC2=O)c1C. The molecule has 1 saturated heterocycles. The van der Waals surface area contributed by atoms with Crippen LogP contribution in [0.4, 0.5) is 5.69 Å². The van der Waals surface area contributed by atoms with Gasteiger partial charge in [-0.25, -0.2) is 0 Å². The fourth-order valence-electron chi connectivity index (χ4n) is 2.82. The van der Waals surface area contributed by atoms with Crippen LogP contribution in [0, 0.1) is 25.7 Å². The molecule has 2 fully saturated rings. The molecule has 0 unspecified atom stereocenters. The Morgan fingerprint density at radius 3 is 2.39 bits per heavy atom. The summed E-state index contributed by atoms with van der Waals surface area (Å²) >= 11 is 0. The molecule has 1 aliphatic heterocycles. The number of carbonyl (C=O) groups excluding carboxylic acids is 3. The van der Waals surface area contributed by atoms with E-state index < -0.39 is 5.92 Å². The molecule has 1 heterocycles. The lowest BCUT2D eigenvalue weighted by atomic mass is 10.1. The summed E-state index contributed by atoms with van der Waals surface area (Å²) in [6.45, 7) is 4.31. The molecule has 0 bridgehead atoms. The number of hydrogen-bond donors (Lipinski definition) is 2. The van der Waals surface area contributed by atoms with Gasteiger partial charge in [-0.3, -0.25) is 25.2 Å². The van der Waals surface area contributed by atoms with Crippen LogP contribution < -0.4 is 15.8 Å². The maximum absolute atomic E-state index is 12.3. The van der Waals surface area contributed by atoms with Crippen molar-refractivity contribution in [1.29, 1.82) is 0 Å². The first-order valence-corrected chi connectivity index (χ1v) is 7.93. The van der Waals surface area contributed by atoms with Crippen molar-refractivity contribution >= 4 is 23.4 Å². The normalized spacial score (nSPS) is 20.5. The van der Waals surface area contributed by atoms with E-state index in [9.17, 15) is 14.4 Å². The highest BCUT2D eigenvalue weighted by atomic mass is 16.2. The lowest BCUT2D eigenvalue weighted by Crippen LogP contribution is -2.45. The highest BCUT2D eigenvalue weighted by molar-refractivity contribution is 6.01. The fourth-order valence-corrected chi connectivity index (χ4v) is 2.82. The molecule has 1 atom stereocenters. The van der Waals surface area contributed by atoms with Gasteiger partial charge < -0.3 is 4.90 Å². The van der Waals surface area contributed by atoms with E-state index >= 15 is 0 Å². The zero-order valence-corrected chi connectivity index (χ0v) is 13.4. The van der Waals surface area contributed by atoms with Gasteiger partial charge >= 0.3 is 0 Å². The van der Waals surface area contributed by atoms with Crippen molar-refractivity contribution in [3.05, 3.63) is 29.3 Å². The average Bonchev–Trinajstić information content (AvgIpc) is 3.30. The second kappa shape index (κ2) is 6.02. The first-order valence-electron chi connectivity index (χ1n) is 7.93. The molecule has 2 aliphatic rings. The number of carbonyl (C=O) groups is 3. The third kappa shape index (κ3) is 3.21. The van der Waals surface area contributed by atoms with Crippen molar-refractivity contribution in [3.63, 3.8) is 0 Å². The van der Waals surface area contributed by atoms with Crippen LogP contribution in [-0.2, 0) is 14.4 Å². The van der Waals surface area contributed by atoms with Crippen LogP contribution in [0.25, 0.3) is 0 Å². The molecule has 23 heavy (non-hydrogen) atoms. The molecule has 0 radical (unpaired) electrons. The van der Waals surface area contributed by atoms with Gasteiger partial charge in [0.15, 0.2) is 0 Å². The van der Waals surface area contributed by atoms with Crippen LogP contribution in [0.15, 0.2) is 18.2 Å². The van der Waals surface area contributed by atoms with E-state index in [4.69, 9.17) is 0 Å². The molecule has 6 heteroatoms. The highest BCUT2D eigenvalue weighted by Crippen LogP contribution is 2.30. The van der Waals surface area contributed by atoms with Crippen LogP contribution in [0.2, 0.25) is 0 Å². The van der Waals surface area contributed by atoms with Crippen molar-refractivity contribution in [1.82, 2.24) is 10.9 Å². The number of rotatable bonds is 3. The van der Waals surface area contributed by atoms with Crippen LogP contribution in [0.5, 0.6) is 0 Å². The van der Waals surface area contributed by atoms with E-state index in [1.165, 1.54) is 0 Å². The Hall–Kier alpha value is -2.37. The summed E-state index contributed by atoms with van der Waals surface area (Å²) in [4.78, 5) is 37.6. The largest absolute Gasteiger partial charge is 0.311 e. The van der Waals surface area contributed by atoms with Gasteiger partial charge in [0.05, 0.1) is 5.92 Å². The first kappa shape index (κ1) is 15.5. The van der Waals surface area contributed by atoms with E-state index in [0.717, 1.165) is 29.7 Å². The van der Waals surface area contributed by atoms with Gasteiger partial charge in [0.25, 0.3) is 0 Å². The van der Waals surface area contributed by atoms with E-state index in [1.54, 1.807) is 4.90 Å². The van der Waals surface area contributed by atoms with Gasteiger partial charge in [0.2, 0.25) is 17.7 Å². The Morgan fingerprint density at radius 1 is 1.09 bits per heavy atom. The van der Waals surface area contributed by atoms with Crippen LogP contribution in [0.3, 0.4) is 0 Å². The number of aryl methyl sites for hydroxylation is 1.